The van der Waals surface area contributed by atoms with Gasteiger partial charge in [-0.05, 0) is 55.5 Å². The van der Waals surface area contributed by atoms with Crippen molar-refractivity contribution in [2.24, 2.45) is 0 Å². The number of oxazole rings is 1. The molecule has 5 rings (SSSR count). The molecule has 10 nitrogen and oxygen atoms in total. The Morgan fingerprint density at radius 1 is 1.02 bits per heavy atom. The van der Waals surface area contributed by atoms with E-state index in [1.807, 2.05) is 86.6 Å². The van der Waals surface area contributed by atoms with Crippen LogP contribution in [0.2, 0.25) is 0 Å². The van der Waals surface area contributed by atoms with Gasteiger partial charge in [0.25, 0.3) is 0 Å². The zero-order chi connectivity index (χ0) is 31.1. The third-order valence-corrected chi connectivity index (χ3v) is 7.72. The molecule has 4 amide bonds. The third kappa shape index (κ3) is 7.51. The molecule has 1 aliphatic heterocycles. The molecule has 0 fully saturated rings. The molecule has 0 saturated heterocycles. The minimum Gasteiger partial charge on any atom is -0.447 e. The first-order valence-electron chi connectivity index (χ1n) is 14.7. The number of aryl methyl sites for hydroxylation is 1. The molecule has 10 heteroatoms. The zero-order valence-corrected chi connectivity index (χ0v) is 25.2. The van der Waals surface area contributed by atoms with Crippen molar-refractivity contribution in [1.29, 1.82) is 0 Å². The van der Waals surface area contributed by atoms with E-state index in [1.54, 1.807) is 18.1 Å². The summed E-state index contributed by atoms with van der Waals surface area (Å²) in [6, 6.07) is 22.5. The Morgan fingerprint density at radius 3 is 2.52 bits per heavy atom. The van der Waals surface area contributed by atoms with Gasteiger partial charge in [0.2, 0.25) is 11.8 Å². The van der Waals surface area contributed by atoms with Gasteiger partial charge >= 0.3 is 6.03 Å². The van der Waals surface area contributed by atoms with Crippen molar-refractivity contribution in [2.75, 3.05) is 17.3 Å². The number of para-hydroxylation sites is 2. The molecule has 0 aliphatic carbocycles. The summed E-state index contributed by atoms with van der Waals surface area (Å²) in [6.07, 6.45) is 4.38. The van der Waals surface area contributed by atoms with Crippen LogP contribution in [0, 0.1) is 0 Å². The Balaban J connectivity index is 1.30. The van der Waals surface area contributed by atoms with Crippen molar-refractivity contribution in [3.05, 3.63) is 102 Å². The number of amides is 4. The third-order valence-electron chi connectivity index (χ3n) is 7.72. The van der Waals surface area contributed by atoms with E-state index in [2.05, 4.69) is 26.3 Å². The first-order valence-corrected chi connectivity index (χ1v) is 14.7. The SMILES string of the molecule is CNC(=O)Nc1ccccc1-c1ccc(CN2C(=O)[C@H](NC(=O)CC(C)(C)NCc3cnco3)CCc3ccccc32)cc1. The molecule has 0 spiro atoms. The van der Waals surface area contributed by atoms with Crippen molar-refractivity contribution in [1.82, 2.24) is 20.9 Å². The standard InChI is InChI=1S/C34H38N6O4/c1-34(2,37-20-26-19-36-22-44-26)18-31(41)38-29-17-16-25-8-4-7-11-30(25)40(32(29)42)21-23-12-14-24(15-13-23)27-9-5-6-10-28(27)39-33(43)35-3/h4-15,19,22,29,37H,16-18,20-21H2,1-3H3,(H,38,41)(H2,35,39,43)/t29-/m1/s1. The first kappa shape index (κ1) is 30.5. The molecular weight excluding hydrogens is 556 g/mol. The summed E-state index contributed by atoms with van der Waals surface area (Å²) in [5.74, 6) is 0.348. The fourth-order valence-corrected chi connectivity index (χ4v) is 5.38. The molecule has 1 aliphatic rings. The van der Waals surface area contributed by atoms with E-state index in [9.17, 15) is 14.4 Å². The topological polar surface area (TPSA) is 129 Å². The Labute approximate surface area is 257 Å². The molecule has 0 unspecified atom stereocenters. The van der Waals surface area contributed by atoms with E-state index < -0.39 is 11.6 Å². The molecule has 1 atom stereocenters. The molecule has 3 aromatic carbocycles. The van der Waals surface area contributed by atoms with Crippen LogP contribution in [0.5, 0.6) is 0 Å². The Hall–Kier alpha value is -4.96. The van der Waals surface area contributed by atoms with Crippen LogP contribution in [0.3, 0.4) is 0 Å². The summed E-state index contributed by atoms with van der Waals surface area (Å²) in [4.78, 5) is 44.8. The second-order valence-corrected chi connectivity index (χ2v) is 11.5. The lowest BCUT2D eigenvalue weighted by Crippen LogP contribution is -2.50. The highest BCUT2D eigenvalue weighted by Gasteiger charge is 2.32. The second-order valence-electron chi connectivity index (χ2n) is 11.5. The fourth-order valence-electron chi connectivity index (χ4n) is 5.38. The number of fused-ring (bicyclic) bond motifs is 1. The minimum absolute atomic E-state index is 0.139. The lowest BCUT2D eigenvalue weighted by Gasteiger charge is -2.29. The van der Waals surface area contributed by atoms with Crippen LogP contribution in [-0.4, -0.2) is 41.5 Å². The Bertz CT molecular complexity index is 1600. The van der Waals surface area contributed by atoms with E-state index >= 15 is 0 Å². The summed E-state index contributed by atoms with van der Waals surface area (Å²) < 4.78 is 5.29. The predicted octanol–water partition coefficient (Wildman–Crippen LogP) is 5.02. The normalized spacial score (nSPS) is 14.8. The maximum Gasteiger partial charge on any atom is 0.318 e. The quantitative estimate of drug-likeness (QED) is 0.204. The first-order chi connectivity index (χ1) is 21.2. The Morgan fingerprint density at radius 2 is 1.77 bits per heavy atom. The smallest absolute Gasteiger partial charge is 0.318 e. The molecule has 2 heterocycles. The lowest BCUT2D eigenvalue weighted by atomic mass is 9.99. The number of hydrogen-bond acceptors (Lipinski definition) is 6. The van der Waals surface area contributed by atoms with Gasteiger partial charge in [-0.3, -0.25) is 9.59 Å². The van der Waals surface area contributed by atoms with E-state index in [1.165, 1.54) is 6.39 Å². The maximum absolute atomic E-state index is 14.0. The lowest BCUT2D eigenvalue weighted by molar-refractivity contribution is -0.128. The summed E-state index contributed by atoms with van der Waals surface area (Å²) in [5.41, 5.74) is 4.87. The number of urea groups is 1. The molecule has 1 aromatic heterocycles. The van der Waals surface area contributed by atoms with Gasteiger partial charge in [0.15, 0.2) is 6.39 Å². The number of carbonyl (C=O) groups is 3. The number of carbonyl (C=O) groups excluding carboxylic acids is 3. The molecule has 4 aromatic rings. The number of anilines is 2. The number of benzene rings is 3. The van der Waals surface area contributed by atoms with Crippen molar-refractivity contribution < 1.29 is 18.8 Å². The number of nitrogens with one attached hydrogen (secondary N) is 4. The van der Waals surface area contributed by atoms with Crippen LogP contribution in [0.15, 0.2) is 89.8 Å². The van der Waals surface area contributed by atoms with Crippen molar-refractivity contribution >= 4 is 29.2 Å². The molecule has 0 bridgehead atoms. The monoisotopic (exact) mass is 594 g/mol. The average Bonchev–Trinajstić information content (AvgIpc) is 3.51. The molecule has 228 valence electrons. The fraction of sp³-hybridized carbons (Fsp3) is 0.294. The summed E-state index contributed by atoms with van der Waals surface area (Å²) in [6.45, 7) is 4.68. The molecule has 4 N–H and O–H groups in total. The number of rotatable bonds is 10. The van der Waals surface area contributed by atoms with Crippen molar-refractivity contribution in [3.63, 3.8) is 0 Å². The maximum atomic E-state index is 14.0. The summed E-state index contributed by atoms with van der Waals surface area (Å²) in [7, 11) is 1.57. The van der Waals surface area contributed by atoms with Gasteiger partial charge in [0.1, 0.15) is 11.8 Å². The van der Waals surface area contributed by atoms with E-state index in [4.69, 9.17) is 4.42 Å². The van der Waals surface area contributed by atoms with Crippen LogP contribution in [0.1, 0.15) is 43.6 Å². The van der Waals surface area contributed by atoms with Gasteiger partial charge in [-0.15, -0.1) is 0 Å². The average molecular weight is 595 g/mol. The van der Waals surface area contributed by atoms with Crippen LogP contribution >= 0.6 is 0 Å². The Kier molecular flexibility index (Phi) is 9.40. The summed E-state index contributed by atoms with van der Waals surface area (Å²) >= 11 is 0. The number of hydrogen-bond donors (Lipinski definition) is 4. The summed E-state index contributed by atoms with van der Waals surface area (Å²) in [5, 5.41) is 11.8. The highest BCUT2D eigenvalue weighted by Crippen LogP contribution is 2.31. The van der Waals surface area contributed by atoms with Gasteiger partial charge in [-0.25, -0.2) is 9.78 Å². The van der Waals surface area contributed by atoms with Gasteiger partial charge in [0.05, 0.1) is 25.0 Å². The van der Waals surface area contributed by atoms with E-state index in [0.29, 0.717) is 37.4 Å². The number of nitrogens with zero attached hydrogens (tertiary/aromatic N) is 2. The second kappa shape index (κ2) is 13.6. The molecule has 44 heavy (non-hydrogen) atoms. The highest BCUT2D eigenvalue weighted by molar-refractivity contribution is 6.00. The molecule has 0 saturated carbocycles. The van der Waals surface area contributed by atoms with E-state index in [-0.39, 0.29) is 24.3 Å². The van der Waals surface area contributed by atoms with Crippen molar-refractivity contribution in [3.8, 4) is 11.1 Å². The predicted molar refractivity (Wildman–Crippen MR) is 170 cm³/mol. The van der Waals surface area contributed by atoms with Crippen LogP contribution < -0.4 is 26.2 Å². The van der Waals surface area contributed by atoms with Crippen LogP contribution in [-0.2, 0) is 29.1 Å². The van der Waals surface area contributed by atoms with E-state index in [0.717, 1.165) is 27.9 Å². The van der Waals surface area contributed by atoms with Gasteiger partial charge in [0, 0.05) is 30.3 Å². The van der Waals surface area contributed by atoms with Crippen molar-refractivity contribution in [2.45, 2.75) is 57.8 Å². The molecular formula is C34H38N6O4. The minimum atomic E-state index is -0.651. The van der Waals surface area contributed by atoms with Gasteiger partial charge in [-0.1, -0.05) is 60.7 Å². The van der Waals surface area contributed by atoms with Gasteiger partial charge in [-0.2, -0.15) is 0 Å². The van der Waals surface area contributed by atoms with Gasteiger partial charge < -0.3 is 30.6 Å². The number of aromatic nitrogens is 1. The zero-order valence-electron chi connectivity index (χ0n) is 25.2. The van der Waals surface area contributed by atoms with Crippen LogP contribution in [0.4, 0.5) is 16.2 Å². The molecule has 0 radical (unpaired) electrons. The largest absolute Gasteiger partial charge is 0.447 e. The van der Waals surface area contributed by atoms with Crippen LogP contribution in [0.25, 0.3) is 11.1 Å². The highest BCUT2D eigenvalue weighted by atomic mass is 16.3.